The topological polar surface area (TPSA) is 88.6 Å². The third kappa shape index (κ3) is 4.73. The van der Waals surface area contributed by atoms with Gasteiger partial charge in [0.25, 0.3) is 5.91 Å². The smallest absolute Gasteiger partial charge is 0.251 e. The van der Waals surface area contributed by atoms with Crippen molar-refractivity contribution in [3.8, 4) is 5.88 Å². The van der Waals surface area contributed by atoms with E-state index in [1.165, 1.54) is 12.0 Å². The van der Waals surface area contributed by atoms with Gasteiger partial charge in [-0.15, -0.1) is 0 Å². The van der Waals surface area contributed by atoms with Crippen molar-refractivity contribution in [2.75, 3.05) is 19.1 Å². The lowest BCUT2D eigenvalue weighted by Crippen LogP contribution is -2.43. The fourth-order valence-corrected chi connectivity index (χ4v) is 4.07. The number of anilines is 1. The van der Waals surface area contributed by atoms with Gasteiger partial charge >= 0.3 is 0 Å². The summed E-state index contributed by atoms with van der Waals surface area (Å²) in [5.74, 6) is -1.33. The van der Waals surface area contributed by atoms with E-state index in [4.69, 9.17) is 16.3 Å². The Kier molecular flexibility index (Phi) is 6.42. The predicted octanol–water partition coefficient (Wildman–Crippen LogP) is 3.69. The number of benzene rings is 2. The van der Waals surface area contributed by atoms with Crippen LogP contribution < -0.4 is 15.0 Å². The standard InChI is InChI=1S/C25H22ClN3O4/c1-29-21-7-6-17(24(31)28-14-16-8-9-27-22(12-16)33-2)13-19(21)23(30)20(25(29)32)11-15-4-3-5-18(26)10-15/h3-10,12-13,20H,11,14H2,1-2H3,(H,28,31). The first kappa shape index (κ1) is 22.5. The SMILES string of the molecule is COc1cc(CNC(=O)c2ccc3c(c2)C(=O)C(Cc2cccc(Cl)c2)C(=O)N3C)ccn1. The summed E-state index contributed by atoms with van der Waals surface area (Å²) in [4.78, 5) is 44.4. The predicted molar refractivity (Wildman–Crippen MR) is 125 cm³/mol. The van der Waals surface area contributed by atoms with Crippen molar-refractivity contribution < 1.29 is 19.1 Å². The van der Waals surface area contributed by atoms with Crippen molar-refractivity contribution in [1.82, 2.24) is 10.3 Å². The van der Waals surface area contributed by atoms with Gasteiger partial charge in [-0.2, -0.15) is 0 Å². The molecule has 1 atom stereocenters. The molecule has 1 aromatic heterocycles. The largest absolute Gasteiger partial charge is 0.481 e. The number of pyridine rings is 1. The number of halogens is 1. The minimum Gasteiger partial charge on any atom is -0.481 e. The Morgan fingerprint density at radius 1 is 1.12 bits per heavy atom. The second kappa shape index (κ2) is 9.42. The Morgan fingerprint density at radius 3 is 2.70 bits per heavy atom. The summed E-state index contributed by atoms with van der Waals surface area (Å²) in [5.41, 5.74) is 2.81. The maximum absolute atomic E-state index is 13.3. The van der Waals surface area contributed by atoms with E-state index in [1.807, 2.05) is 6.07 Å². The number of ketones is 1. The molecular weight excluding hydrogens is 442 g/mol. The van der Waals surface area contributed by atoms with Crippen LogP contribution in [0.5, 0.6) is 5.88 Å². The summed E-state index contributed by atoms with van der Waals surface area (Å²) < 4.78 is 5.10. The molecule has 2 heterocycles. The highest BCUT2D eigenvalue weighted by atomic mass is 35.5. The first-order chi connectivity index (χ1) is 15.9. The molecule has 3 aromatic rings. The zero-order valence-corrected chi connectivity index (χ0v) is 18.9. The molecule has 1 aliphatic heterocycles. The molecule has 0 saturated heterocycles. The van der Waals surface area contributed by atoms with Crippen LogP contribution in [0.3, 0.4) is 0 Å². The molecule has 1 aliphatic rings. The van der Waals surface area contributed by atoms with Crippen molar-refractivity contribution in [3.05, 3.63) is 88.1 Å². The number of methoxy groups -OCH3 is 1. The van der Waals surface area contributed by atoms with E-state index in [0.29, 0.717) is 27.7 Å². The molecule has 1 unspecified atom stereocenters. The molecule has 168 valence electrons. The Bertz CT molecular complexity index is 1240. The molecule has 0 radical (unpaired) electrons. The van der Waals surface area contributed by atoms with Gasteiger partial charge in [-0.05, 0) is 53.9 Å². The van der Waals surface area contributed by atoms with Gasteiger partial charge in [0, 0.05) is 42.0 Å². The summed E-state index contributed by atoms with van der Waals surface area (Å²) in [5, 5.41) is 3.38. The third-order valence-electron chi connectivity index (χ3n) is 5.62. The maximum Gasteiger partial charge on any atom is 0.251 e. The van der Waals surface area contributed by atoms with Gasteiger partial charge in [0.1, 0.15) is 5.92 Å². The first-order valence-corrected chi connectivity index (χ1v) is 10.7. The van der Waals surface area contributed by atoms with Crippen LogP contribution in [0, 0.1) is 5.92 Å². The zero-order valence-electron chi connectivity index (χ0n) is 18.2. The van der Waals surface area contributed by atoms with Crippen LogP contribution in [0.1, 0.15) is 31.8 Å². The molecule has 0 fully saturated rings. The maximum atomic E-state index is 13.3. The number of amides is 2. The second-order valence-corrected chi connectivity index (χ2v) is 8.21. The lowest BCUT2D eigenvalue weighted by molar-refractivity contribution is -0.120. The molecule has 33 heavy (non-hydrogen) atoms. The van der Waals surface area contributed by atoms with E-state index in [2.05, 4.69) is 10.3 Å². The third-order valence-corrected chi connectivity index (χ3v) is 5.86. The van der Waals surface area contributed by atoms with Crippen molar-refractivity contribution in [1.29, 1.82) is 0 Å². The number of ether oxygens (including phenoxy) is 1. The molecule has 0 aliphatic carbocycles. The number of carbonyl (C=O) groups excluding carboxylic acids is 3. The number of hydrogen-bond acceptors (Lipinski definition) is 5. The quantitative estimate of drug-likeness (QED) is 0.563. The lowest BCUT2D eigenvalue weighted by Gasteiger charge is -2.31. The highest BCUT2D eigenvalue weighted by Gasteiger charge is 2.38. The van der Waals surface area contributed by atoms with Gasteiger partial charge in [0.05, 0.1) is 12.8 Å². The van der Waals surface area contributed by atoms with Gasteiger partial charge in [-0.1, -0.05) is 23.7 Å². The molecule has 4 rings (SSSR count). The average Bonchev–Trinajstić information content (AvgIpc) is 2.83. The van der Waals surface area contributed by atoms with E-state index >= 15 is 0 Å². The number of nitrogens with zero attached hydrogens (tertiary/aromatic N) is 2. The van der Waals surface area contributed by atoms with Gasteiger partial charge in [-0.3, -0.25) is 14.4 Å². The van der Waals surface area contributed by atoms with E-state index in [9.17, 15) is 14.4 Å². The Hall–Kier alpha value is -3.71. The monoisotopic (exact) mass is 463 g/mol. The van der Waals surface area contributed by atoms with Gasteiger partial charge in [-0.25, -0.2) is 4.98 Å². The number of hydrogen-bond donors (Lipinski definition) is 1. The van der Waals surface area contributed by atoms with Crippen LogP contribution in [-0.2, 0) is 17.8 Å². The minimum atomic E-state index is -0.872. The number of nitrogens with one attached hydrogen (secondary N) is 1. The summed E-state index contributed by atoms with van der Waals surface area (Å²) in [6, 6.07) is 15.4. The van der Waals surface area contributed by atoms with Crippen LogP contribution in [0.2, 0.25) is 5.02 Å². The van der Waals surface area contributed by atoms with Crippen LogP contribution in [-0.4, -0.2) is 36.7 Å². The molecule has 0 saturated carbocycles. The zero-order chi connectivity index (χ0) is 23.5. The Balaban J connectivity index is 1.55. The van der Waals surface area contributed by atoms with Crippen LogP contribution in [0.25, 0.3) is 0 Å². The highest BCUT2D eigenvalue weighted by molar-refractivity contribution is 6.30. The van der Waals surface area contributed by atoms with Gasteiger partial charge in [0.2, 0.25) is 11.8 Å². The fourth-order valence-electron chi connectivity index (χ4n) is 3.86. The number of fused-ring (bicyclic) bond motifs is 1. The summed E-state index contributed by atoms with van der Waals surface area (Å²) >= 11 is 6.06. The Morgan fingerprint density at radius 2 is 1.94 bits per heavy atom. The molecule has 7 nitrogen and oxygen atoms in total. The van der Waals surface area contributed by atoms with E-state index < -0.39 is 5.92 Å². The molecular formula is C25H22ClN3O4. The summed E-state index contributed by atoms with van der Waals surface area (Å²) in [6.45, 7) is 0.276. The van der Waals surface area contributed by atoms with Crippen LogP contribution in [0.4, 0.5) is 5.69 Å². The van der Waals surface area contributed by atoms with Crippen molar-refractivity contribution >= 4 is 34.9 Å². The van der Waals surface area contributed by atoms with Crippen molar-refractivity contribution in [3.63, 3.8) is 0 Å². The second-order valence-electron chi connectivity index (χ2n) is 7.77. The lowest BCUT2D eigenvalue weighted by atomic mass is 9.85. The van der Waals surface area contributed by atoms with Gasteiger partial charge < -0.3 is 15.0 Å². The average molecular weight is 464 g/mol. The van der Waals surface area contributed by atoms with E-state index in [-0.39, 0.29) is 30.6 Å². The highest BCUT2D eigenvalue weighted by Crippen LogP contribution is 2.32. The molecule has 0 bridgehead atoms. The molecule has 8 heteroatoms. The van der Waals surface area contributed by atoms with Crippen molar-refractivity contribution in [2.45, 2.75) is 13.0 Å². The molecule has 1 N–H and O–H groups in total. The number of Topliss-reactive ketones (excluding diaryl/α,β-unsaturated/α-hetero) is 1. The van der Waals surface area contributed by atoms with E-state index in [1.54, 1.807) is 61.8 Å². The summed E-state index contributed by atoms with van der Waals surface area (Å²) in [7, 11) is 3.16. The van der Waals surface area contributed by atoms with Crippen LogP contribution in [0.15, 0.2) is 60.8 Å². The summed E-state index contributed by atoms with van der Waals surface area (Å²) in [6.07, 6.45) is 1.84. The molecule has 0 spiro atoms. The molecule has 2 aromatic carbocycles. The number of aromatic nitrogens is 1. The fraction of sp³-hybridized carbons (Fsp3) is 0.200. The first-order valence-electron chi connectivity index (χ1n) is 10.3. The normalized spacial score (nSPS) is 15.2. The van der Waals surface area contributed by atoms with Crippen molar-refractivity contribution in [2.24, 2.45) is 5.92 Å². The molecule has 2 amide bonds. The van der Waals surface area contributed by atoms with Gasteiger partial charge in [0.15, 0.2) is 5.78 Å². The number of rotatable bonds is 6. The Labute approximate surface area is 196 Å². The minimum absolute atomic E-state index is 0.238. The van der Waals surface area contributed by atoms with E-state index in [0.717, 1.165) is 11.1 Å². The number of carbonyl (C=O) groups is 3. The van der Waals surface area contributed by atoms with Crippen LogP contribution >= 0.6 is 11.6 Å².